The third kappa shape index (κ3) is 1.29. The van der Waals surface area contributed by atoms with E-state index in [2.05, 4.69) is 16.9 Å². The van der Waals surface area contributed by atoms with Gasteiger partial charge in [-0.2, -0.15) is 0 Å². The van der Waals surface area contributed by atoms with Crippen LogP contribution in [0.5, 0.6) is 0 Å². The van der Waals surface area contributed by atoms with E-state index in [1.54, 1.807) is 6.33 Å². The number of pyridine rings is 1. The maximum Gasteiger partial charge on any atom is 0.161 e. The van der Waals surface area contributed by atoms with Crippen LogP contribution in [0.3, 0.4) is 0 Å². The third-order valence-electron chi connectivity index (χ3n) is 1.99. The molecule has 0 aliphatic carbocycles. The van der Waals surface area contributed by atoms with Gasteiger partial charge in [-0.15, -0.1) is 0 Å². The van der Waals surface area contributed by atoms with Crippen molar-refractivity contribution in [3.8, 4) is 0 Å². The molecule has 0 atom stereocenters. The Morgan fingerprint density at radius 2 is 2.31 bits per heavy atom. The second kappa shape index (κ2) is 3.00. The van der Waals surface area contributed by atoms with Crippen molar-refractivity contribution in [1.29, 1.82) is 0 Å². The zero-order valence-corrected chi connectivity index (χ0v) is 8.34. The molecule has 0 aliphatic heterocycles. The van der Waals surface area contributed by atoms with E-state index in [0.29, 0.717) is 5.02 Å². The summed E-state index contributed by atoms with van der Waals surface area (Å²) >= 11 is 6.02. The molecule has 2 heterocycles. The normalized spacial score (nSPS) is 11.0. The Morgan fingerprint density at radius 1 is 1.54 bits per heavy atom. The van der Waals surface area contributed by atoms with Crippen LogP contribution in [0.4, 0.5) is 0 Å². The standard InChI is InChI=1S/C9H10ClN3/c1-3-13-5-11-8-7(10)4-6(2)12-9(8)13/h4-5H,3H2,1-2H3. The van der Waals surface area contributed by atoms with Crippen molar-refractivity contribution in [1.82, 2.24) is 14.5 Å². The van der Waals surface area contributed by atoms with E-state index in [1.807, 2.05) is 17.6 Å². The highest BCUT2D eigenvalue weighted by atomic mass is 35.5. The van der Waals surface area contributed by atoms with Crippen LogP contribution < -0.4 is 0 Å². The molecule has 68 valence electrons. The zero-order valence-electron chi connectivity index (χ0n) is 7.58. The average Bonchev–Trinajstić information content (AvgIpc) is 2.47. The van der Waals surface area contributed by atoms with Crippen molar-refractivity contribution in [2.24, 2.45) is 0 Å². The summed E-state index contributed by atoms with van der Waals surface area (Å²) in [6, 6.07) is 1.83. The van der Waals surface area contributed by atoms with Gasteiger partial charge in [0.25, 0.3) is 0 Å². The van der Waals surface area contributed by atoms with E-state index in [4.69, 9.17) is 11.6 Å². The van der Waals surface area contributed by atoms with Gasteiger partial charge in [-0.3, -0.25) is 0 Å². The van der Waals surface area contributed by atoms with E-state index in [9.17, 15) is 0 Å². The minimum absolute atomic E-state index is 0.676. The van der Waals surface area contributed by atoms with Gasteiger partial charge in [0, 0.05) is 12.2 Å². The Kier molecular flexibility index (Phi) is 1.96. The van der Waals surface area contributed by atoms with Crippen LogP contribution in [0.15, 0.2) is 12.4 Å². The highest BCUT2D eigenvalue weighted by Gasteiger charge is 2.06. The first-order valence-electron chi connectivity index (χ1n) is 4.20. The molecule has 0 unspecified atom stereocenters. The molecular formula is C9H10ClN3. The predicted octanol–water partition coefficient (Wildman–Crippen LogP) is 2.41. The monoisotopic (exact) mass is 195 g/mol. The molecule has 0 aromatic carbocycles. The Bertz CT molecular complexity index is 447. The fourth-order valence-electron chi connectivity index (χ4n) is 1.34. The van der Waals surface area contributed by atoms with Crippen molar-refractivity contribution in [2.75, 3.05) is 0 Å². The van der Waals surface area contributed by atoms with Crippen molar-refractivity contribution in [3.63, 3.8) is 0 Å². The van der Waals surface area contributed by atoms with Crippen LogP contribution in [-0.2, 0) is 6.54 Å². The van der Waals surface area contributed by atoms with Gasteiger partial charge in [-0.25, -0.2) is 9.97 Å². The van der Waals surface area contributed by atoms with Gasteiger partial charge in [0.05, 0.1) is 11.3 Å². The Balaban J connectivity index is 2.82. The summed E-state index contributed by atoms with van der Waals surface area (Å²) in [7, 11) is 0. The Labute approximate surface area is 81.4 Å². The summed E-state index contributed by atoms with van der Waals surface area (Å²) in [6.45, 7) is 4.85. The smallest absolute Gasteiger partial charge is 0.161 e. The van der Waals surface area contributed by atoms with Crippen molar-refractivity contribution in [2.45, 2.75) is 20.4 Å². The lowest BCUT2D eigenvalue weighted by atomic mass is 10.3. The molecule has 2 aromatic rings. The van der Waals surface area contributed by atoms with E-state index in [1.165, 1.54) is 0 Å². The van der Waals surface area contributed by atoms with E-state index >= 15 is 0 Å². The molecule has 0 spiro atoms. The SMILES string of the molecule is CCn1cnc2c(Cl)cc(C)nc21. The van der Waals surface area contributed by atoms with Crippen molar-refractivity contribution in [3.05, 3.63) is 23.1 Å². The van der Waals surface area contributed by atoms with Crippen molar-refractivity contribution < 1.29 is 0 Å². The molecule has 4 heteroatoms. The summed E-state index contributed by atoms with van der Waals surface area (Å²) in [5.41, 5.74) is 2.58. The number of halogens is 1. The first-order valence-corrected chi connectivity index (χ1v) is 4.58. The van der Waals surface area contributed by atoms with E-state index < -0.39 is 0 Å². The van der Waals surface area contributed by atoms with Gasteiger partial charge in [-0.05, 0) is 19.9 Å². The van der Waals surface area contributed by atoms with Gasteiger partial charge in [0.1, 0.15) is 5.52 Å². The molecule has 2 aromatic heterocycles. The minimum atomic E-state index is 0.676. The summed E-state index contributed by atoms with van der Waals surface area (Å²) < 4.78 is 1.98. The molecule has 3 nitrogen and oxygen atoms in total. The first kappa shape index (κ1) is 8.51. The molecule has 0 bridgehead atoms. The first-order chi connectivity index (χ1) is 6.22. The maximum absolute atomic E-state index is 6.02. The number of rotatable bonds is 1. The molecule has 0 radical (unpaired) electrons. The molecule has 0 N–H and O–H groups in total. The number of nitrogens with zero attached hydrogens (tertiary/aromatic N) is 3. The molecule has 2 rings (SSSR count). The number of aryl methyl sites for hydroxylation is 2. The number of fused-ring (bicyclic) bond motifs is 1. The lowest BCUT2D eigenvalue weighted by molar-refractivity contribution is 0.777. The van der Waals surface area contributed by atoms with Gasteiger partial charge in [0.15, 0.2) is 5.65 Å². The largest absolute Gasteiger partial charge is 0.316 e. The van der Waals surface area contributed by atoms with Gasteiger partial charge < -0.3 is 4.57 Å². The van der Waals surface area contributed by atoms with Crippen LogP contribution >= 0.6 is 11.6 Å². The van der Waals surface area contributed by atoms with Gasteiger partial charge in [-0.1, -0.05) is 11.6 Å². The van der Waals surface area contributed by atoms with Gasteiger partial charge >= 0.3 is 0 Å². The summed E-state index contributed by atoms with van der Waals surface area (Å²) in [4.78, 5) is 8.58. The molecule has 0 saturated heterocycles. The quantitative estimate of drug-likeness (QED) is 0.700. The van der Waals surface area contributed by atoms with Crippen LogP contribution in [-0.4, -0.2) is 14.5 Å². The van der Waals surface area contributed by atoms with Crippen molar-refractivity contribution >= 4 is 22.8 Å². The average molecular weight is 196 g/mol. The molecule has 13 heavy (non-hydrogen) atoms. The summed E-state index contributed by atoms with van der Waals surface area (Å²) in [5.74, 6) is 0. The molecular weight excluding hydrogens is 186 g/mol. The number of aromatic nitrogens is 3. The van der Waals surface area contributed by atoms with Gasteiger partial charge in [0.2, 0.25) is 0 Å². The third-order valence-corrected chi connectivity index (χ3v) is 2.28. The van der Waals surface area contributed by atoms with E-state index in [-0.39, 0.29) is 0 Å². The van der Waals surface area contributed by atoms with Crippen LogP contribution in [0.1, 0.15) is 12.6 Å². The highest BCUT2D eigenvalue weighted by molar-refractivity contribution is 6.34. The second-order valence-corrected chi connectivity index (χ2v) is 3.36. The molecule has 0 saturated carbocycles. The molecule has 0 amide bonds. The number of hydrogen-bond acceptors (Lipinski definition) is 2. The minimum Gasteiger partial charge on any atom is -0.316 e. The zero-order chi connectivity index (χ0) is 9.42. The number of imidazole rings is 1. The maximum atomic E-state index is 6.02. The summed E-state index contributed by atoms with van der Waals surface area (Å²) in [5, 5.41) is 0.676. The Hall–Kier alpha value is -1.09. The molecule has 0 aliphatic rings. The second-order valence-electron chi connectivity index (χ2n) is 2.95. The Morgan fingerprint density at radius 3 is 3.00 bits per heavy atom. The van der Waals surface area contributed by atoms with Crippen LogP contribution in [0.25, 0.3) is 11.2 Å². The predicted molar refractivity (Wildman–Crippen MR) is 52.9 cm³/mol. The van der Waals surface area contributed by atoms with Crippen LogP contribution in [0.2, 0.25) is 5.02 Å². The van der Waals surface area contributed by atoms with Crippen LogP contribution in [0, 0.1) is 6.92 Å². The lowest BCUT2D eigenvalue weighted by Crippen LogP contribution is -1.94. The number of hydrogen-bond donors (Lipinski definition) is 0. The fourth-order valence-corrected chi connectivity index (χ4v) is 1.64. The molecule has 0 fully saturated rings. The highest BCUT2D eigenvalue weighted by Crippen LogP contribution is 2.21. The topological polar surface area (TPSA) is 30.7 Å². The lowest BCUT2D eigenvalue weighted by Gasteiger charge is -1.99. The van der Waals surface area contributed by atoms with E-state index in [0.717, 1.165) is 23.4 Å². The summed E-state index contributed by atoms with van der Waals surface area (Å²) in [6.07, 6.45) is 1.77. The fraction of sp³-hybridized carbons (Fsp3) is 0.333.